The van der Waals surface area contributed by atoms with Gasteiger partial charge in [-0.3, -0.25) is 9.59 Å². The predicted molar refractivity (Wildman–Crippen MR) is 111 cm³/mol. The highest BCUT2D eigenvalue weighted by Gasteiger charge is 2.16. The van der Waals surface area contributed by atoms with E-state index in [4.69, 9.17) is 27.6 Å². The Morgan fingerprint density at radius 2 is 1.79 bits per heavy atom. The number of carbonyl (C=O) groups excluding carboxylic acids is 2. The Balaban J connectivity index is 1.62. The average molecular weight is 417 g/mol. The lowest BCUT2D eigenvalue weighted by molar-refractivity contribution is -0.115. The largest absolute Gasteiger partial charge is 0.451 e. The third-order valence-electron chi connectivity index (χ3n) is 4.13. The lowest BCUT2D eigenvalue weighted by atomic mass is 10.1. The summed E-state index contributed by atoms with van der Waals surface area (Å²) in [7, 11) is 0. The molecule has 0 fully saturated rings. The molecule has 5 nitrogen and oxygen atoms in total. The smallest absolute Gasteiger partial charge is 0.287 e. The first kappa shape index (κ1) is 20.0. The Morgan fingerprint density at radius 1 is 1.00 bits per heavy atom. The number of nitrogens with one attached hydrogen (secondary N) is 2. The third kappa shape index (κ3) is 4.55. The standard InChI is InChI=1S/C21H18Cl2N2O3/c1-2-13-6-3-4-9-16(13)25-19(26)12-24-21(27)18-11-10-17(28-18)14-7-5-8-15(22)20(14)23/h3-11H,2,12H2,1H3,(H,24,27)(H,25,26). The predicted octanol–water partition coefficient (Wildman–Crippen LogP) is 5.18. The summed E-state index contributed by atoms with van der Waals surface area (Å²) in [6.45, 7) is 1.83. The Morgan fingerprint density at radius 3 is 2.57 bits per heavy atom. The number of carbonyl (C=O) groups is 2. The first-order chi connectivity index (χ1) is 13.5. The fraction of sp³-hybridized carbons (Fsp3) is 0.143. The van der Waals surface area contributed by atoms with Crippen LogP contribution in [-0.4, -0.2) is 18.4 Å². The summed E-state index contributed by atoms with van der Waals surface area (Å²) in [5.74, 6) is -0.325. The number of hydrogen-bond acceptors (Lipinski definition) is 3. The van der Waals surface area contributed by atoms with E-state index >= 15 is 0 Å². The van der Waals surface area contributed by atoms with Crippen molar-refractivity contribution < 1.29 is 14.0 Å². The fourth-order valence-electron chi connectivity index (χ4n) is 2.69. The molecule has 1 aromatic heterocycles. The van der Waals surface area contributed by atoms with E-state index in [1.54, 1.807) is 24.3 Å². The highest BCUT2D eigenvalue weighted by atomic mass is 35.5. The summed E-state index contributed by atoms with van der Waals surface area (Å²) < 4.78 is 5.57. The molecule has 0 radical (unpaired) electrons. The summed E-state index contributed by atoms with van der Waals surface area (Å²) >= 11 is 12.2. The second-order valence-electron chi connectivity index (χ2n) is 6.01. The number of rotatable bonds is 6. The van der Waals surface area contributed by atoms with E-state index in [0.29, 0.717) is 21.4 Å². The van der Waals surface area contributed by atoms with Gasteiger partial charge in [0.2, 0.25) is 5.91 Å². The van der Waals surface area contributed by atoms with Crippen LogP contribution in [0.25, 0.3) is 11.3 Å². The van der Waals surface area contributed by atoms with E-state index in [0.717, 1.165) is 17.7 Å². The van der Waals surface area contributed by atoms with Crippen LogP contribution in [0, 0.1) is 0 Å². The summed E-state index contributed by atoms with van der Waals surface area (Å²) in [5.41, 5.74) is 2.35. The summed E-state index contributed by atoms with van der Waals surface area (Å²) in [4.78, 5) is 24.4. The van der Waals surface area contributed by atoms with Crippen LogP contribution in [-0.2, 0) is 11.2 Å². The second-order valence-corrected chi connectivity index (χ2v) is 6.79. The van der Waals surface area contributed by atoms with Crippen molar-refractivity contribution in [2.24, 2.45) is 0 Å². The number of anilines is 1. The van der Waals surface area contributed by atoms with Crippen molar-refractivity contribution >= 4 is 40.7 Å². The van der Waals surface area contributed by atoms with Gasteiger partial charge in [0.1, 0.15) is 5.76 Å². The van der Waals surface area contributed by atoms with Gasteiger partial charge < -0.3 is 15.1 Å². The molecule has 3 aromatic rings. The fourth-order valence-corrected chi connectivity index (χ4v) is 3.09. The molecule has 0 atom stereocenters. The van der Waals surface area contributed by atoms with Crippen LogP contribution in [0.5, 0.6) is 0 Å². The molecular weight excluding hydrogens is 399 g/mol. The lowest BCUT2D eigenvalue weighted by Gasteiger charge is -2.10. The van der Waals surface area contributed by atoms with E-state index in [1.807, 2.05) is 31.2 Å². The first-order valence-electron chi connectivity index (χ1n) is 8.69. The Hall–Kier alpha value is -2.76. The molecule has 0 bridgehead atoms. The molecule has 0 saturated heterocycles. The SMILES string of the molecule is CCc1ccccc1NC(=O)CNC(=O)c1ccc(-c2cccc(Cl)c2Cl)o1. The van der Waals surface area contributed by atoms with Crippen molar-refractivity contribution in [3.63, 3.8) is 0 Å². The molecule has 28 heavy (non-hydrogen) atoms. The number of amides is 2. The van der Waals surface area contributed by atoms with E-state index in [2.05, 4.69) is 10.6 Å². The van der Waals surface area contributed by atoms with E-state index in [9.17, 15) is 9.59 Å². The van der Waals surface area contributed by atoms with E-state index in [-0.39, 0.29) is 18.2 Å². The van der Waals surface area contributed by atoms with Gasteiger partial charge in [-0.15, -0.1) is 0 Å². The number of furan rings is 1. The van der Waals surface area contributed by atoms with Crippen molar-refractivity contribution in [2.75, 3.05) is 11.9 Å². The molecule has 0 aliphatic rings. The summed E-state index contributed by atoms with van der Waals surface area (Å²) in [6, 6.07) is 15.8. The van der Waals surface area contributed by atoms with Crippen molar-refractivity contribution in [1.29, 1.82) is 0 Å². The average Bonchev–Trinajstić information content (AvgIpc) is 3.18. The van der Waals surface area contributed by atoms with E-state index < -0.39 is 5.91 Å². The molecule has 3 rings (SSSR count). The normalized spacial score (nSPS) is 10.5. The minimum absolute atomic E-state index is 0.0767. The summed E-state index contributed by atoms with van der Waals surface area (Å²) in [5, 5.41) is 6.08. The number of aryl methyl sites for hydroxylation is 1. The van der Waals surface area contributed by atoms with Crippen LogP contribution < -0.4 is 10.6 Å². The molecule has 1 heterocycles. The maximum Gasteiger partial charge on any atom is 0.287 e. The van der Waals surface area contributed by atoms with Gasteiger partial charge in [-0.1, -0.05) is 54.4 Å². The van der Waals surface area contributed by atoms with E-state index in [1.165, 1.54) is 6.07 Å². The van der Waals surface area contributed by atoms with Crippen molar-refractivity contribution in [2.45, 2.75) is 13.3 Å². The van der Waals surface area contributed by atoms with Crippen LogP contribution in [0.15, 0.2) is 59.0 Å². The number of hydrogen-bond donors (Lipinski definition) is 2. The molecule has 144 valence electrons. The van der Waals surface area contributed by atoms with Gasteiger partial charge in [-0.05, 0) is 42.3 Å². The Bertz CT molecular complexity index is 1010. The van der Waals surface area contributed by atoms with Crippen molar-refractivity contribution in [3.05, 3.63) is 76.0 Å². The first-order valence-corrected chi connectivity index (χ1v) is 9.45. The zero-order chi connectivity index (χ0) is 20.1. The molecule has 0 saturated carbocycles. The molecule has 0 spiro atoms. The number of benzene rings is 2. The lowest BCUT2D eigenvalue weighted by Crippen LogP contribution is -2.32. The van der Waals surface area contributed by atoms with Gasteiger partial charge in [0.25, 0.3) is 5.91 Å². The molecule has 0 unspecified atom stereocenters. The maximum atomic E-state index is 12.3. The van der Waals surface area contributed by atoms with Gasteiger partial charge in [-0.25, -0.2) is 0 Å². The van der Waals surface area contributed by atoms with Gasteiger partial charge in [0.15, 0.2) is 5.76 Å². The molecule has 7 heteroatoms. The van der Waals surface area contributed by atoms with Crippen LogP contribution in [0.3, 0.4) is 0 Å². The highest BCUT2D eigenvalue weighted by molar-refractivity contribution is 6.43. The molecule has 0 aliphatic heterocycles. The Kier molecular flexibility index (Phi) is 6.39. The van der Waals surface area contributed by atoms with Crippen LogP contribution >= 0.6 is 23.2 Å². The quantitative estimate of drug-likeness (QED) is 0.580. The Labute approximate surface area is 172 Å². The van der Waals surface area contributed by atoms with Gasteiger partial charge in [0, 0.05) is 11.3 Å². The highest BCUT2D eigenvalue weighted by Crippen LogP contribution is 2.34. The molecule has 2 N–H and O–H groups in total. The van der Waals surface area contributed by atoms with Crippen LogP contribution in [0.2, 0.25) is 10.0 Å². The molecule has 2 aromatic carbocycles. The monoisotopic (exact) mass is 416 g/mol. The third-order valence-corrected chi connectivity index (χ3v) is 4.95. The molecule has 2 amide bonds. The van der Waals surface area contributed by atoms with Gasteiger partial charge in [-0.2, -0.15) is 0 Å². The van der Waals surface area contributed by atoms with Gasteiger partial charge >= 0.3 is 0 Å². The topological polar surface area (TPSA) is 71.3 Å². The molecule has 0 aliphatic carbocycles. The zero-order valence-electron chi connectivity index (χ0n) is 15.1. The molecular formula is C21H18Cl2N2O3. The summed E-state index contributed by atoms with van der Waals surface area (Å²) in [6.07, 6.45) is 0.796. The minimum Gasteiger partial charge on any atom is -0.451 e. The van der Waals surface area contributed by atoms with Crippen molar-refractivity contribution in [1.82, 2.24) is 5.32 Å². The second kappa shape index (κ2) is 8.95. The van der Waals surface area contributed by atoms with Crippen molar-refractivity contribution in [3.8, 4) is 11.3 Å². The minimum atomic E-state index is -0.497. The van der Waals surface area contributed by atoms with Crippen LogP contribution in [0.1, 0.15) is 23.0 Å². The number of halogens is 2. The van der Waals surface area contributed by atoms with Gasteiger partial charge in [0.05, 0.1) is 16.6 Å². The zero-order valence-corrected chi connectivity index (χ0v) is 16.6. The number of para-hydroxylation sites is 1. The van der Waals surface area contributed by atoms with Crippen LogP contribution in [0.4, 0.5) is 5.69 Å². The maximum absolute atomic E-state index is 12.3.